The van der Waals surface area contributed by atoms with Crippen molar-refractivity contribution in [3.63, 3.8) is 0 Å². The van der Waals surface area contributed by atoms with Gasteiger partial charge in [-0.25, -0.2) is 9.67 Å². The van der Waals surface area contributed by atoms with E-state index < -0.39 is 24.3 Å². The zero-order valence-corrected chi connectivity index (χ0v) is 26.2. The second-order valence-electron chi connectivity index (χ2n) is 12.6. The van der Waals surface area contributed by atoms with E-state index in [1.54, 1.807) is 38.2 Å². The van der Waals surface area contributed by atoms with Crippen LogP contribution in [-0.2, 0) is 4.79 Å². The number of alkyl halides is 3. The van der Waals surface area contributed by atoms with Crippen LogP contribution in [0.1, 0.15) is 53.6 Å². The summed E-state index contributed by atoms with van der Waals surface area (Å²) < 4.78 is 51.8. The van der Waals surface area contributed by atoms with Gasteiger partial charge in [-0.05, 0) is 86.8 Å². The van der Waals surface area contributed by atoms with Crippen LogP contribution in [0.5, 0.6) is 5.88 Å². The number of hydrogen-bond acceptors (Lipinski definition) is 7. The van der Waals surface area contributed by atoms with Gasteiger partial charge in [0.25, 0.3) is 0 Å². The normalized spacial score (nSPS) is 18.6. The topological polar surface area (TPSA) is 105 Å². The number of anilines is 1. The Morgan fingerprint density at radius 1 is 1.00 bits per heavy atom. The van der Waals surface area contributed by atoms with Crippen molar-refractivity contribution in [2.45, 2.75) is 65.3 Å². The molecule has 0 saturated carbocycles. The molecule has 9 nitrogen and oxygen atoms in total. The fourth-order valence-corrected chi connectivity index (χ4v) is 6.47. The Kier molecular flexibility index (Phi) is 8.26. The monoisotopic (exact) mass is 634 g/mol. The molecular weight excluding hydrogens is 597 g/mol. The number of aryl methyl sites for hydroxylation is 4. The standard InChI is InChI=1S/C34H37F3N6O3/c1-20-5-6-24(15-21(20)2)25-7-8-26(28(16-25)43-12-9-22(3)41-43)31(34(35,36)37)46-30-17-29(39-23(4)40-30)42-13-10-33(11-14-42)18-27(32(44)45)38-19-33/h5-9,12,15-17,27,31,38H,10-11,13-14,18-19H2,1-4H3,(H,44,45)/t27-,31+/m0/s1. The SMILES string of the molecule is Cc1ccn(-c2cc(-c3ccc(C)c(C)c3)ccc2[C@@H](Oc2cc(N3CCC4(CC3)CN[C@H](C(=O)O)C4)nc(C)n2)C(F)(F)F)n1. The maximum Gasteiger partial charge on any atom is 0.429 e. The van der Waals surface area contributed by atoms with E-state index in [0.29, 0.717) is 37.6 Å². The molecule has 0 radical (unpaired) electrons. The molecule has 4 heterocycles. The molecule has 2 saturated heterocycles. The maximum atomic E-state index is 14.9. The maximum absolute atomic E-state index is 14.9. The molecular formula is C34H37F3N6O3. The number of carbonyl (C=O) groups is 1. The first-order valence-electron chi connectivity index (χ1n) is 15.3. The highest BCUT2D eigenvalue weighted by molar-refractivity contribution is 5.74. The predicted octanol–water partition coefficient (Wildman–Crippen LogP) is 6.28. The summed E-state index contributed by atoms with van der Waals surface area (Å²) in [6, 6.07) is 13.4. The first-order chi connectivity index (χ1) is 21.8. The van der Waals surface area contributed by atoms with Gasteiger partial charge >= 0.3 is 12.1 Å². The highest BCUT2D eigenvalue weighted by Gasteiger charge is 2.46. The summed E-state index contributed by atoms with van der Waals surface area (Å²) in [5, 5.41) is 16.9. The Bertz CT molecular complexity index is 1760. The van der Waals surface area contributed by atoms with Crippen LogP contribution in [0.15, 0.2) is 54.7 Å². The lowest BCUT2D eigenvalue weighted by atomic mass is 9.76. The molecule has 242 valence electrons. The average molecular weight is 635 g/mol. The quantitative estimate of drug-likeness (QED) is 0.245. The van der Waals surface area contributed by atoms with Gasteiger partial charge in [0, 0.05) is 37.5 Å². The number of aromatic nitrogens is 4. The molecule has 2 fully saturated rings. The summed E-state index contributed by atoms with van der Waals surface area (Å²) in [6.45, 7) is 9.23. The van der Waals surface area contributed by atoms with Gasteiger partial charge in [0.1, 0.15) is 17.7 Å². The molecule has 12 heteroatoms. The fraction of sp³-hybridized carbons (Fsp3) is 0.412. The van der Waals surface area contributed by atoms with Crippen LogP contribution in [0.2, 0.25) is 0 Å². The van der Waals surface area contributed by atoms with Crippen molar-refractivity contribution >= 4 is 11.8 Å². The number of ether oxygens (including phenoxy) is 1. The lowest BCUT2D eigenvalue weighted by Crippen LogP contribution is -2.41. The van der Waals surface area contributed by atoms with E-state index >= 15 is 0 Å². The van der Waals surface area contributed by atoms with Gasteiger partial charge in [0.05, 0.1) is 11.4 Å². The number of benzene rings is 2. The molecule has 0 bridgehead atoms. The molecule has 1 spiro atoms. The van der Waals surface area contributed by atoms with E-state index in [1.807, 2.05) is 36.9 Å². The summed E-state index contributed by atoms with van der Waals surface area (Å²) >= 11 is 0. The van der Waals surface area contributed by atoms with Crippen LogP contribution >= 0.6 is 0 Å². The van der Waals surface area contributed by atoms with Crippen molar-refractivity contribution in [2.24, 2.45) is 5.41 Å². The number of piperidine rings is 1. The Morgan fingerprint density at radius 2 is 1.72 bits per heavy atom. The average Bonchev–Trinajstić information content (AvgIpc) is 3.63. The minimum atomic E-state index is -4.77. The largest absolute Gasteiger partial charge is 0.480 e. The molecule has 2 aliphatic heterocycles. The van der Waals surface area contributed by atoms with Gasteiger partial charge in [0.2, 0.25) is 12.0 Å². The number of rotatable bonds is 7. The van der Waals surface area contributed by atoms with Gasteiger partial charge in [-0.1, -0.05) is 30.3 Å². The minimum absolute atomic E-state index is 0.0948. The van der Waals surface area contributed by atoms with Gasteiger partial charge in [-0.2, -0.15) is 23.3 Å². The van der Waals surface area contributed by atoms with Crippen LogP contribution in [-0.4, -0.2) is 62.7 Å². The third kappa shape index (κ3) is 6.44. The number of halogens is 3. The lowest BCUT2D eigenvalue weighted by molar-refractivity contribution is -0.198. The van der Waals surface area contributed by atoms with Crippen molar-refractivity contribution in [3.8, 4) is 22.7 Å². The van der Waals surface area contributed by atoms with Crippen LogP contribution < -0.4 is 15.0 Å². The van der Waals surface area contributed by atoms with Gasteiger partial charge < -0.3 is 20.1 Å². The number of carboxylic acids is 1. The molecule has 2 aliphatic rings. The second kappa shape index (κ2) is 12.1. The molecule has 2 aromatic heterocycles. The Balaban J connectivity index is 1.31. The summed E-state index contributed by atoms with van der Waals surface area (Å²) in [4.78, 5) is 22.2. The summed E-state index contributed by atoms with van der Waals surface area (Å²) in [5.41, 5.74) is 4.55. The minimum Gasteiger partial charge on any atom is -0.480 e. The number of carboxylic acid groups (broad SMARTS) is 1. The third-order valence-electron chi connectivity index (χ3n) is 9.27. The molecule has 6 rings (SSSR count). The Morgan fingerprint density at radius 3 is 2.35 bits per heavy atom. The van der Waals surface area contributed by atoms with Crippen molar-refractivity contribution in [2.75, 3.05) is 24.5 Å². The van der Waals surface area contributed by atoms with E-state index in [-0.39, 0.29) is 28.4 Å². The van der Waals surface area contributed by atoms with Crippen LogP contribution in [0, 0.1) is 33.1 Å². The molecule has 46 heavy (non-hydrogen) atoms. The smallest absolute Gasteiger partial charge is 0.429 e. The number of hydrogen-bond donors (Lipinski definition) is 2. The number of nitrogens with zero attached hydrogens (tertiary/aromatic N) is 5. The molecule has 2 N–H and O–H groups in total. The lowest BCUT2D eigenvalue weighted by Gasteiger charge is -2.39. The fourth-order valence-electron chi connectivity index (χ4n) is 6.47. The first kappa shape index (κ1) is 31.5. The van der Waals surface area contributed by atoms with Crippen LogP contribution in [0.3, 0.4) is 0 Å². The van der Waals surface area contributed by atoms with E-state index in [1.165, 1.54) is 16.8 Å². The zero-order valence-electron chi connectivity index (χ0n) is 26.2. The van der Waals surface area contributed by atoms with E-state index in [2.05, 4.69) is 20.4 Å². The summed E-state index contributed by atoms with van der Waals surface area (Å²) in [6.07, 6.45) is -3.42. The van der Waals surface area contributed by atoms with E-state index in [9.17, 15) is 23.1 Å². The Labute approximate surface area is 265 Å². The van der Waals surface area contributed by atoms with Crippen molar-refractivity contribution < 1.29 is 27.8 Å². The Hall–Kier alpha value is -4.45. The molecule has 0 amide bonds. The van der Waals surface area contributed by atoms with Crippen LogP contribution in [0.4, 0.5) is 19.0 Å². The second-order valence-corrected chi connectivity index (χ2v) is 12.6. The van der Waals surface area contributed by atoms with Gasteiger partial charge in [0.15, 0.2) is 0 Å². The number of nitrogens with one attached hydrogen (secondary N) is 1. The van der Waals surface area contributed by atoms with Gasteiger partial charge in [-0.3, -0.25) is 4.79 Å². The molecule has 2 aromatic carbocycles. The van der Waals surface area contributed by atoms with Crippen molar-refractivity contribution in [1.82, 2.24) is 25.1 Å². The first-order valence-corrected chi connectivity index (χ1v) is 15.3. The molecule has 0 aliphatic carbocycles. The summed E-state index contributed by atoms with van der Waals surface area (Å²) in [5.74, 6) is -0.265. The van der Waals surface area contributed by atoms with Gasteiger partial charge in [-0.15, -0.1) is 0 Å². The van der Waals surface area contributed by atoms with Crippen molar-refractivity contribution in [3.05, 3.63) is 82.9 Å². The highest BCUT2D eigenvalue weighted by atomic mass is 19.4. The molecule has 4 aromatic rings. The van der Waals surface area contributed by atoms with E-state index in [4.69, 9.17) is 4.74 Å². The highest BCUT2D eigenvalue weighted by Crippen LogP contribution is 2.42. The molecule has 2 atom stereocenters. The number of aliphatic carboxylic acids is 1. The molecule has 0 unspecified atom stereocenters. The summed E-state index contributed by atoms with van der Waals surface area (Å²) in [7, 11) is 0. The zero-order chi connectivity index (χ0) is 32.8. The van der Waals surface area contributed by atoms with Crippen molar-refractivity contribution in [1.29, 1.82) is 0 Å². The van der Waals surface area contributed by atoms with Crippen LogP contribution in [0.25, 0.3) is 16.8 Å². The third-order valence-corrected chi connectivity index (χ3v) is 9.27. The predicted molar refractivity (Wildman–Crippen MR) is 167 cm³/mol. The van der Waals surface area contributed by atoms with E-state index in [0.717, 1.165) is 35.1 Å².